The number of hydrogen-bond acceptors (Lipinski definition) is 14. The van der Waals surface area contributed by atoms with E-state index in [4.69, 9.17) is 35.5 Å². The summed E-state index contributed by atoms with van der Waals surface area (Å²) in [4.78, 5) is 40.0. The van der Waals surface area contributed by atoms with Gasteiger partial charge in [-0.3, -0.25) is 19.8 Å². The second-order valence-electron chi connectivity index (χ2n) is 17.3. The van der Waals surface area contributed by atoms with E-state index in [0.29, 0.717) is 67.3 Å². The quantitative estimate of drug-likeness (QED) is 0.0796. The molecule has 2 aromatic heterocycles. The van der Waals surface area contributed by atoms with Crippen molar-refractivity contribution in [3.8, 4) is 5.88 Å². The van der Waals surface area contributed by atoms with Gasteiger partial charge < -0.3 is 39.0 Å². The number of sulfonamides is 1. The number of anilines is 4. The van der Waals surface area contributed by atoms with Crippen LogP contribution in [-0.4, -0.2) is 125 Å². The van der Waals surface area contributed by atoms with Gasteiger partial charge in [0, 0.05) is 87.7 Å². The van der Waals surface area contributed by atoms with Crippen LogP contribution in [0.1, 0.15) is 48.5 Å². The smallest absolute Gasteiger partial charge is 0.293 e. The van der Waals surface area contributed by atoms with Crippen LogP contribution in [0.25, 0.3) is 16.6 Å². The van der Waals surface area contributed by atoms with Crippen LogP contribution in [-0.2, 0) is 24.2 Å². The predicted octanol–water partition coefficient (Wildman–Crippen LogP) is 7.16. The number of nitro groups is 1. The van der Waals surface area contributed by atoms with E-state index in [9.17, 15) is 23.3 Å². The Kier molecular flexibility index (Phi) is 13.2. The Labute approximate surface area is 388 Å². The molecule has 17 nitrogen and oxygen atoms in total. The molecule has 4 aliphatic rings. The average Bonchev–Trinajstić information content (AvgIpc) is 3.69. The molecule has 5 aromatic rings. The van der Waals surface area contributed by atoms with Crippen molar-refractivity contribution >= 4 is 72.6 Å². The molecule has 9 rings (SSSR count). The molecule has 0 saturated carbocycles. The van der Waals surface area contributed by atoms with Crippen LogP contribution >= 0.6 is 11.6 Å². The predicted molar refractivity (Wildman–Crippen MR) is 253 cm³/mol. The highest BCUT2D eigenvalue weighted by Crippen LogP contribution is 2.42. The normalized spacial score (nSPS) is 20.7. The largest absolute Gasteiger partial charge is 0.476 e. The number of methoxy groups -OCH3 is 1. The van der Waals surface area contributed by atoms with Crippen LogP contribution < -0.4 is 24.6 Å². The second-order valence-corrected chi connectivity index (χ2v) is 19.4. The number of hydrogen-bond donors (Lipinski definition) is 3. The number of fused-ring (bicyclic) bond motifs is 2. The minimum atomic E-state index is -4.60. The zero-order valence-corrected chi connectivity index (χ0v) is 38.5. The van der Waals surface area contributed by atoms with E-state index >= 15 is 0 Å². The van der Waals surface area contributed by atoms with E-state index in [-0.39, 0.29) is 29.5 Å². The van der Waals surface area contributed by atoms with Crippen molar-refractivity contribution in [3.05, 3.63) is 111 Å². The molecule has 1 aliphatic carbocycles. The van der Waals surface area contributed by atoms with Crippen molar-refractivity contribution in [1.29, 1.82) is 0 Å². The number of nitro benzene ring substituents is 1. The number of benzene rings is 3. The summed E-state index contributed by atoms with van der Waals surface area (Å²) in [6.07, 6.45) is 4.74. The molecule has 3 aliphatic heterocycles. The average molecular weight is 942 g/mol. The Bertz CT molecular complexity index is 2750. The van der Waals surface area contributed by atoms with Crippen LogP contribution in [0.5, 0.6) is 5.88 Å². The molecule has 2 saturated heterocycles. The zero-order valence-electron chi connectivity index (χ0n) is 36.9. The van der Waals surface area contributed by atoms with Crippen molar-refractivity contribution in [3.63, 3.8) is 0 Å². The van der Waals surface area contributed by atoms with Crippen molar-refractivity contribution in [2.24, 2.45) is 0 Å². The number of pyridine rings is 1. The third kappa shape index (κ3) is 9.84. The molecular weight excluding hydrogens is 888 g/mol. The molecule has 19 heteroatoms. The molecule has 0 unspecified atom stereocenters. The lowest BCUT2D eigenvalue weighted by Crippen LogP contribution is -2.47. The minimum Gasteiger partial charge on any atom is -0.476 e. The zero-order chi connectivity index (χ0) is 46.0. The van der Waals surface area contributed by atoms with Crippen LogP contribution in [0, 0.1) is 10.1 Å². The van der Waals surface area contributed by atoms with Gasteiger partial charge in [-0.2, -0.15) is 4.98 Å². The molecule has 66 heavy (non-hydrogen) atoms. The van der Waals surface area contributed by atoms with Gasteiger partial charge in [-0.05, 0) is 91.9 Å². The van der Waals surface area contributed by atoms with E-state index in [2.05, 4.69) is 43.9 Å². The molecule has 0 bridgehead atoms. The number of H-pyrrole nitrogens is 1. The number of ether oxygens (including phenoxy) is 4. The number of carbonyl (C=O) groups excluding carboxylic acids is 1. The van der Waals surface area contributed by atoms with E-state index in [1.165, 1.54) is 23.3 Å². The first kappa shape index (κ1) is 45.4. The van der Waals surface area contributed by atoms with Crippen molar-refractivity contribution < 1.29 is 37.1 Å². The number of halogens is 1. The summed E-state index contributed by atoms with van der Waals surface area (Å²) in [6, 6.07) is 20.8. The Hall–Kier alpha value is -5.76. The minimum absolute atomic E-state index is 0.0903. The van der Waals surface area contributed by atoms with Gasteiger partial charge in [0.1, 0.15) is 17.0 Å². The van der Waals surface area contributed by atoms with Crippen LogP contribution in [0.4, 0.5) is 28.4 Å². The van der Waals surface area contributed by atoms with Crippen LogP contribution in [0.2, 0.25) is 5.02 Å². The Balaban J connectivity index is 0.985. The molecule has 3 N–H and O–H groups in total. The van der Waals surface area contributed by atoms with Crippen LogP contribution in [0.3, 0.4) is 0 Å². The summed E-state index contributed by atoms with van der Waals surface area (Å²) in [5.74, 6) is -0.519. The van der Waals surface area contributed by atoms with Gasteiger partial charge in [0.15, 0.2) is 0 Å². The third-order valence-electron chi connectivity index (χ3n) is 12.9. The van der Waals surface area contributed by atoms with Crippen molar-refractivity contribution in [1.82, 2.24) is 19.6 Å². The highest BCUT2D eigenvalue weighted by Gasteiger charge is 2.34. The van der Waals surface area contributed by atoms with Gasteiger partial charge in [0.05, 0.1) is 59.2 Å². The molecule has 2 atom stereocenters. The summed E-state index contributed by atoms with van der Waals surface area (Å²) in [6.45, 7) is 8.28. The first-order valence-electron chi connectivity index (χ1n) is 22.2. The molecule has 1 amide bonds. The number of aromatic nitrogens is 2. The van der Waals surface area contributed by atoms with E-state index in [1.807, 2.05) is 41.3 Å². The highest BCUT2D eigenvalue weighted by molar-refractivity contribution is 7.90. The summed E-state index contributed by atoms with van der Waals surface area (Å²) in [7, 11) is -2.82. The topological polar surface area (TPSA) is 194 Å². The van der Waals surface area contributed by atoms with Gasteiger partial charge in [-0.25, -0.2) is 13.1 Å². The van der Waals surface area contributed by atoms with Crippen LogP contribution in [0.15, 0.2) is 89.5 Å². The summed E-state index contributed by atoms with van der Waals surface area (Å²) >= 11 is 6.27. The van der Waals surface area contributed by atoms with E-state index < -0.39 is 31.4 Å². The molecule has 348 valence electrons. The van der Waals surface area contributed by atoms with Gasteiger partial charge in [-0.15, -0.1) is 0 Å². The fourth-order valence-corrected chi connectivity index (χ4v) is 10.2. The van der Waals surface area contributed by atoms with Gasteiger partial charge in [-0.1, -0.05) is 29.3 Å². The molecular formula is C47H53ClN8O9S. The Morgan fingerprint density at radius 3 is 2.59 bits per heavy atom. The number of nitrogens with zero attached hydrogens (tertiary/aromatic N) is 5. The number of piperazine rings is 1. The Morgan fingerprint density at radius 1 is 1.02 bits per heavy atom. The second kappa shape index (κ2) is 19.2. The SMILES string of the molecule is CO[C@@]1(C)CCC(CN2CCN(c3ccc(C(=O)NS(=O)(=O)c4ccc(NC[C@H]5COCCO5)c([N+](=O)[O-])c4)c(N4CCCOc5nc6[nH]ccc6cc54)c3)CC2)=C(c2ccc(Cl)cc2)C1. The number of nitrogens with one attached hydrogen (secondary N) is 3. The first-order valence-corrected chi connectivity index (χ1v) is 24.0. The lowest BCUT2D eigenvalue weighted by molar-refractivity contribution is -0.384. The lowest BCUT2D eigenvalue weighted by atomic mass is 9.78. The summed E-state index contributed by atoms with van der Waals surface area (Å²) < 4.78 is 53.2. The Morgan fingerprint density at radius 2 is 1.83 bits per heavy atom. The monoisotopic (exact) mass is 940 g/mol. The maximum Gasteiger partial charge on any atom is 0.293 e. The van der Waals surface area contributed by atoms with E-state index in [0.717, 1.165) is 74.7 Å². The maximum atomic E-state index is 14.4. The number of aromatic amines is 1. The number of carbonyl (C=O) groups is 1. The van der Waals surface area contributed by atoms with E-state index in [1.54, 1.807) is 19.4 Å². The van der Waals surface area contributed by atoms with Gasteiger partial charge >= 0.3 is 0 Å². The van der Waals surface area contributed by atoms with Crippen molar-refractivity contribution in [2.45, 2.75) is 49.2 Å². The first-order chi connectivity index (χ1) is 31.9. The summed E-state index contributed by atoms with van der Waals surface area (Å²) in [5.41, 5.74) is 5.97. The highest BCUT2D eigenvalue weighted by atomic mass is 35.5. The maximum absolute atomic E-state index is 14.4. The number of rotatable bonds is 13. The molecule has 0 spiro atoms. The standard InChI is InChI=1S/C47H53ClN8O9S/c1-47(62-2)14-12-33(39(27-47)31-4-6-34(48)7-5-31)29-53-17-19-54(20-18-53)35-8-10-38(41(25-35)55-16-3-21-65-46-43(55)24-32-13-15-49-44(32)51-46)45(57)52-66(60,61)37-9-11-40(42(26-37)56(58)59)50-28-36-30-63-22-23-64-36/h4-11,13,15,24-26,36,50H,3,12,14,16-23,27-30H2,1-2H3,(H,49,51)(H,52,57)/t36-,47-/m0/s1. The summed E-state index contributed by atoms with van der Waals surface area (Å²) in [5, 5.41) is 16.7. The number of amides is 1. The lowest BCUT2D eigenvalue weighted by Gasteiger charge is -2.40. The molecule has 0 radical (unpaired) electrons. The molecule has 2 fully saturated rings. The fraction of sp³-hybridized carbons (Fsp3) is 0.404. The fourth-order valence-electron chi connectivity index (χ4n) is 9.13. The van der Waals surface area contributed by atoms with Gasteiger partial charge in [0.25, 0.3) is 21.6 Å². The van der Waals surface area contributed by atoms with Crippen molar-refractivity contribution in [2.75, 3.05) is 94.5 Å². The third-order valence-corrected chi connectivity index (χ3v) is 14.5. The van der Waals surface area contributed by atoms with Gasteiger partial charge in [0.2, 0.25) is 5.88 Å². The molecule has 3 aromatic carbocycles. The molecule has 5 heterocycles.